The lowest BCUT2D eigenvalue weighted by Crippen LogP contribution is -2.68. The Bertz CT molecular complexity index is 954. The van der Waals surface area contributed by atoms with Crippen molar-refractivity contribution in [3.8, 4) is 0 Å². The van der Waals surface area contributed by atoms with E-state index in [9.17, 15) is 19.8 Å². The van der Waals surface area contributed by atoms with Crippen LogP contribution in [0, 0.1) is 0 Å². The van der Waals surface area contributed by atoms with Crippen LogP contribution in [-0.2, 0) is 24.5 Å². The molecule has 3 aromatic carbocycles. The van der Waals surface area contributed by atoms with E-state index in [1.807, 2.05) is 91.0 Å². The van der Waals surface area contributed by atoms with E-state index in [0.29, 0.717) is 16.7 Å². The standard InChI is InChI=1S/C25H22O6/c26-16-21-22(28)31-24(17-27,23(29)30-21)25(18-10-4-1-5-11-18,19-12-6-2-7-13-19)20-14-8-3-9-15-20/h1-15,21,26-27H,16-17H2. The van der Waals surface area contributed by atoms with E-state index in [4.69, 9.17) is 9.47 Å². The first-order valence-corrected chi connectivity index (χ1v) is 9.92. The molecule has 0 amide bonds. The quantitative estimate of drug-likeness (QED) is 0.471. The lowest BCUT2D eigenvalue weighted by atomic mass is 9.59. The molecule has 4 rings (SSSR count). The fraction of sp³-hybridized carbons (Fsp3) is 0.200. The van der Waals surface area contributed by atoms with Gasteiger partial charge in [0.1, 0.15) is 0 Å². The third kappa shape index (κ3) is 3.12. The predicted molar refractivity (Wildman–Crippen MR) is 112 cm³/mol. The molecule has 3 aromatic rings. The summed E-state index contributed by atoms with van der Waals surface area (Å²) in [5, 5.41) is 20.1. The molecule has 1 aliphatic heterocycles. The second kappa shape index (κ2) is 8.34. The van der Waals surface area contributed by atoms with Crippen molar-refractivity contribution in [1.29, 1.82) is 0 Å². The Labute approximate surface area is 179 Å². The van der Waals surface area contributed by atoms with E-state index in [1.165, 1.54) is 0 Å². The summed E-state index contributed by atoms with van der Waals surface area (Å²) in [7, 11) is 0. The molecule has 31 heavy (non-hydrogen) atoms. The molecule has 2 N–H and O–H groups in total. The second-order valence-electron chi connectivity index (χ2n) is 7.33. The Morgan fingerprint density at radius 2 is 1.16 bits per heavy atom. The zero-order valence-corrected chi connectivity index (χ0v) is 16.7. The summed E-state index contributed by atoms with van der Waals surface area (Å²) in [5.41, 5.74) is -1.63. The molecule has 6 nitrogen and oxygen atoms in total. The van der Waals surface area contributed by atoms with Gasteiger partial charge < -0.3 is 19.7 Å². The number of cyclic esters (lactones) is 2. The fourth-order valence-corrected chi connectivity index (χ4v) is 4.37. The van der Waals surface area contributed by atoms with Crippen LogP contribution in [0.5, 0.6) is 0 Å². The first-order valence-electron chi connectivity index (χ1n) is 9.92. The predicted octanol–water partition coefficient (Wildman–Crippen LogP) is 2.21. The van der Waals surface area contributed by atoms with Gasteiger partial charge in [-0.3, -0.25) is 0 Å². The summed E-state index contributed by atoms with van der Waals surface area (Å²) in [5.74, 6) is -1.84. The largest absolute Gasteiger partial charge is 0.445 e. The van der Waals surface area contributed by atoms with Crippen molar-refractivity contribution in [2.45, 2.75) is 17.1 Å². The highest BCUT2D eigenvalue weighted by molar-refractivity contribution is 5.94. The van der Waals surface area contributed by atoms with Crippen LogP contribution in [0.1, 0.15) is 16.7 Å². The molecule has 0 spiro atoms. The first-order chi connectivity index (χ1) is 15.1. The van der Waals surface area contributed by atoms with Crippen LogP contribution >= 0.6 is 0 Å². The maximum atomic E-state index is 13.5. The summed E-state index contributed by atoms with van der Waals surface area (Å²) in [6.45, 7) is -1.53. The van der Waals surface area contributed by atoms with Crippen LogP contribution in [0.3, 0.4) is 0 Å². The van der Waals surface area contributed by atoms with Gasteiger partial charge in [-0.2, -0.15) is 0 Å². The van der Waals surface area contributed by atoms with Crippen molar-refractivity contribution in [2.24, 2.45) is 0 Å². The Morgan fingerprint density at radius 1 is 0.742 bits per heavy atom. The van der Waals surface area contributed by atoms with E-state index < -0.39 is 42.3 Å². The molecule has 158 valence electrons. The third-order valence-electron chi connectivity index (χ3n) is 5.73. The van der Waals surface area contributed by atoms with Crippen LogP contribution in [0.25, 0.3) is 0 Å². The zero-order chi connectivity index (χ0) is 21.9. The number of carbonyl (C=O) groups excluding carboxylic acids is 2. The Hall–Kier alpha value is -3.48. The minimum absolute atomic E-state index is 0.633. The molecule has 1 fully saturated rings. The first kappa shape index (κ1) is 20.8. The summed E-state index contributed by atoms with van der Waals surface area (Å²) in [4.78, 5) is 26.2. The molecule has 1 aliphatic rings. The molecule has 0 aromatic heterocycles. The Morgan fingerprint density at radius 3 is 1.52 bits per heavy atom. The lowest BCUT2D eigenvalue weighted by molar-refractivity contribution is -0.224. The highest BCUT2D eigenvalue weighted by Gasteiger charge is 2.66. The highest BCUT2D eigenvalue weighted by atomic mass is 16.7. The van der Waals surface area contributed by atoms with Crippen LogP contribution in [0.15, 0.2) is 91.0 Å². The lowest BCUT2D eigenvalue weighted by Gasteiger charge is -2.50. The average Bonchev–Trinajstić information content (AvgIpc) is 2.83. The van der Waals surface area contributed by atoms with Gasteiger partial charge in [0.2, 0.25) is 11.7 Å². The van der Waals surface area contributed by atoms with E-state index in [1.54, 1.807) is 0 Å². The molecule has 2 unspecified atom stereocenters. The number of benzene rings is 3. The summed E-state index contributed by atoms with van der Waals surface area (Å²) >= 11 is 0. The minimum atomic E-state index is -2.11. The van der Waals surface area contributed by atoms with Gasteiger partial charge >= 0.3 is 11.9 Å². The van der Waals surface area contributed by atoms with Crippen molar-refractivity contribution in [3.05, 3.63) is 108 Å². The number of hydrogen-bond donors (Lipinski definition) is 2. The zero-order valence-electron chi connectivity index (χ0n) is 16.7. The summed E-state index contributed by atoms with van der Waals surface area (Å²) in [6.07, 6.45) is -1.44. The fourth-order valence-electron chi connectivity index (χ4n) is 4.37. The number of rotatable bonds is 6. The SMILES string of the molecule is O=C1OC(CO)(C(c2ccccc2)(c2ccccc2)c2ccccc2)C(=O)OC1CO. The van der Waals surface area contributed by atoms with Gasteiger partial charge in [-0.15, -0.1) is 0 Å². The van der Waals surface area contributed by atoms with Gasteiger partial charge in [-0.05, 0) is 16.7 Å². The van der Waals surface area contributed by atoms with E-state index >= 15 is 0 Å². The summed E-state index contributed by atoms with van der Waals surface area (Å²) < 4.78 is 11.0. The smallest absolute Gasteiger partial charge is 0.355 e. The number of esters is 2. The number of aliphatic hydroxyl groups is 2. The van der Waals surface area contributed by atoms with Gasteiger partial charge in [0.15, 0.2) is 0 Å². The third-order valence-corrected chi connectivity index (χ3v) is 5.73. The molecular formula is C25H22O6. The highest BCUT2D eigenvalue weighted by Crippen LogP contribution is 2.51. The minimum Gasteiger partial charge on any atom is -0.445 e. The Balaban J connectivity index is 2.12. The van der Waals surface area contributed by atoms with Crippen LogP contribution in [0.4, 0.5) is 0 Å². The van der Waals surface area contributed by atoms with Crippen molar-refractivity contribution in [1.82, 2.24) is 0 Å². The van der Waals surface area contributed by atoms with Gasteiger partial charge in [-0.25, -0.2) is 9.59 Å². The van der Waals surface area contributed by atoms with E-state index in [0.717, 1.165) is 0 Å². The maximum Gasteiger partial charge on any atom is 0.355 e. The molecular weight excluding hydrogens is 396 g/mol. The number of ether oxygens (including phenoxy) is 2. The molecule has 0 radical (unpaired) electrons. The van der Waals surface area contributed by atoms with Crippen molar-refractivity contribution in [3.63, 3.8) is 0 Å². The maximum absolute atomic E-state index is 13.5. The molecule has 1 heterocycles. The summed E-state index contributed by atoms with van der Waals surface area (Å²) in [6, 6.07) is 27.3. The van der Waals surface area contributed by atoms with Crippen LogP contribution < -0.4 is 0 Å². The normalized spacial score (nSPS) is 21.3. The average molecular weight is 418 g/mol. The van der Waals surface area contributed by atoms with Gasteiger partial charge in [0.05, 0.1) is 18.6 Å². The topological polar surface area (TPSA) is 93.1 Å². The number of carbonyl (C=O) groups is 2. The molecule has 2 atom stereocenters. The van der Waals surface area contributed by atoms with Gasteiger partial charge in [0, 0.05) is 0 Å². The van der Waals surface area contributed by atoms with Crippen molar-refractivity contribution >= 4 is 11.9 Å². The van der Waals surface area contributed by atoms with E-state index in [2.05, 4.69) is 0 Å². The van der Waals surface area contributed by atoms with E-state index in [-0.39, 0.29) is 0 Å². The van der Waals surface area contributed by atoms with Crippen LogP contribution in [0.2, 0.25) is 0 Å². The molecule has 6 heteroatoms. The van der Waals surface area contributed by atoms with Crippen LogP contribution in [-0.4, -0.2) is 47.1 Å². The molecule has 0 aliphatic carbocycles. The monoisotopic (exact) mass is 418 g/mol. The molecule has 0 saturated carbocycles. The number of hydrogen-bond acceptors (Lipinski definition) is 6. The molecule has 0 bridgehead atoms. The van der Waals surface area contributed by atoms with Crippen molar-refractivity contribution in [2.75, 3.05) is 13.2 Å². The second-order valence-corrected chi connectivity index (χ2v) is 7.33. The van der Waals surface area contributed by atoms with Gasteiger partial charge in [0.25, 0.3) is 0 Å². The number of aliphatic hydroxyl groups excluding tert-OH is 2. The molecule has 1 saturated heterocycles. The van der Waals surface area contributed by atoms with Gasteiger partial charge in [-0.1, -0.05) is 91.0 Å². The Kier molecular flexibility index (Phi) is 5.59. The van der Waals surface area contributed by atoms with Crippen molar-refractivity contribution < 1.29 is 29.3 Å².